The number of hydrogen-bond donors (Lipinski definition) is 0. The van der Waals surface area contributed by atoms with Crippen LogP contribution in [0.25, 0.3) is 5.69 Å². The van der Waals surface area contributed by atoms with Gasteiger partial charge in [0.2, 0.25) is 0 Å². The summed E-state index contributed by atoms with van der Waals surface area (Å²) in [6, 6.07) is 11.3. The zero-order valence-corrected chi connectivity index (χ0v) is 11.4. The van der Waals surface area contributed by atoms with Gasteiger partial charge in [0, 0.05) is 18.0 Å². The van der Waals surface area contributed by atoms with Crippen LogP contribution in [0.4, 0.5) is 0 Å². The van der Waals surface area contributed by atoms with E-state index < -0.39 is 0 Å². The number of nitrogens with zero attached hydrogens (tertiary/aromatic N) is 3. The molecule has 0 bridgehead atoms. The Labute approximate surface area is 121 Å². The van der Waals surface area contributed by atoms with Crippen LogP contribution in [-0.4, -0.2) is 27.7 Å². The first-order valence-electron chi connectivity index (χ1n) is 6.42. The van der Waals surface area contributed by atoms with Crippen LogP contribution in [0, 0.1) is 0 Å². The fourth-order valence-electron chi connectivity index (χ4n) is 1.98. The Kier molecular flexibility index (Phi) is 3.47. The van der Waals surface area contributed by atoms with Gasteiger partial charge in [-0.15, -0.1) is 0 Å². The van der Waals surface area contributed by atoms with Crippen molar-refractivity contribution in [2.24, 2.45) is 0 Å². The summed E-state index contributed by atoms with van der Waals surface area (Å²) in [6.45, 7) is 0. The number of ether oxygens (including phenoxy) is 1. The van der Waals surface area contributed by atoms with E-state index in [0.29, 0.717) is 16.9 Å². The van der Waals surface area contributed by atoms with E-state index in [9.17, 15) is 4.79 Å². The Morgan fingerprint density at radius 3 is 2.67 bits per heavy atom. The van der Waals surface area contributed by atoms with E-state index in [0.717, 1.165) is 5.69 Å². The lowest BCUT2D eigenvalue weighted by atomic mass is 10.1. The molecule has 0 amide bonds. The second kappa shape index (κ2) is 5.58. The standard InChI is InChI=1S/C16H13N3O2/c1-21-15-7-12(8-17-10-15)16(20)13-9-18-19(11-13)14-5-3-2-4-6-14/h2-11H,1H3. The number of para-hydroxylation sites is 1. The number of ketones is 1. The van der Waals surface area contributed by atoms with Crippen molar-refractivity contribution in [2.75, 3.05) is 7.11 Å². The number of hydrogen-bond acceptors (Lipinski definition) is 4. The summed E-state index contributed by atoms with van der Waals surface area (Å²) in [5.41, 5.74) is 1.89. The van der Waals surface area contributed by atoms with Gasteiger partial charge in [-0.25, -0.2) is 4.68 Å². The summed E-state index contributed by atoms with van der Waals surface area (Å²) in [7, 11) is 1.54. The zero-order chi connectivity index (χ0) is 14.7. The number of methoxy groups -OCH3 is 1. The maximum absolute atomic E-state index is 12.4. The molecule has 0 unspecified atom stereocenters. The molecule has 0 atom stereocenters. The monoisotopic (exact) mass is 279 g/mol. The second-order valence-electron chi connectivity index (χ2n) is 4.45. The topological polar surface area (TPSA) is 57.0 Å². The molecule has 104 valence electrons. The third-order valence-corrected chi connectivity index (χ3v) is 3.08. The Bertz CT molecular complexity index is 766. The van der Waals surface area contributed by atoms with E-state index in [4.69, 9.17) is 4.74 Å². The maximum atomic E-state index is 12.4. The lowest BCUT2D eigenvalue weighted by Crippen LogP contribution is -2.01. The summed E-state index contributed by atoms with van der Waals surface area (Å²) in [5.74, 6) is 0.417. The SMILES string of the molecule is COc1cncc(C(=O)c2cnn(-c3ccccc3)c2)c1. The van der Waals surface area contributed by atoms with Crippen LogP contribution in [0.15, 0.2) is 61.2 Å². The van der Waals surface area contributed by atoms with E-state index >= 15 is 0 Å². The van der Waals surface area contributed by atoms with Crippen LogP contribution in [-0.2, 0) is 0 Å². The molecule has 0 saturated carbocycles. The van der Waals surface area contributed by atoms with Gasteiger partial charge in [-0.2, -0.15) is 5.10 Å². The third-order valence-electron chi connectivity index (χ3n) is 3.08. The molecule has 3 rings (SSSR count). The van der Waals surface area contributed by atoms with Crippen molar-refractivity contribution in [3.63, 3.8) is 0 Å². The van der Waals surface area contributed by atoms with Crippen LogP contribution >= 0.6 is 0 Å². The number of carbonyl (C=O) groups is 1. The molecule has 0 N–H and O–H groups in total. The highest BCUT2D eigenvalue weighted by Crippen LogP contribution is 2.15. The molecule has 0 saturated heterocycles. The van der Waals surface area contributed by atoms with Crippen LogP contribution in [0.1, 0.15) is 15.9 Å². The number of aromatic nitrogens is 3. The Balaban J connectivity index is 1.91. The number of pyridine rings is 1. The molecule has 0 fully saturated rings. The van der Waals surface area contributed by atoms with E-state index in [-0.39, 0.29) is 5.78 Å². The summed E-state index contributed by atoms with van der Waals surface area (Å²) in [4.78, 5) is 16.4. The first-order valence-corrected chi connectivity index (χ1v) is 6.42. The molecular weight excluding hydrogens is 266 g/mol. The van der Waals surface area contributed by atoms with E-state index in [1.54, 1.807) is 36.4 Å². The Morgan fingerprint density at radius 2 is 1.90 bits per heavy atom. The Hall–Kier alpha value is -2.95. The van der Waals surface area contributed by atoms with Crippen molar-refractivity contribution in [1.82, 2.24) is 14.8 Å². The Morgan fingerprint density at radius 1 is 1.10 bits per heavy atom. The van der Waals surface area contributed by atoms with E-state index in [1.165, 1.54) is 6.20 Å². The van der Waals surface area contributed by atoms with Crippen molar-refractivity contribution in [3.05, 3.63) is 72.3 Å². The summed E-state index contributed by atoms with van der Waals surface area (Å²) in [6.07, 6.45) is 6.33. The van der Waals surface area contributed by atoms with Crippen LogP contribution in [0.3, 0.4) is 0 Å². The average Bonchev–Trinajstić information content (AvgIpc) is 3.05. The number of benzene rings is 1. The highest BCUT2D eigenvalue weighted by molar-refractivity contribution is 6.08. The average molecular weight is 279 g/mol. The predicted molar refractivity (Wildman–Crippen MR) is 77.8 cm³/mol. The van der Waals surface area contributed by atoms with Gasteiger partial charge in [0.1, 0.15) is 5.75 Å². The molecule has 0 aliphatic rings. The molecule has 0 aliphatic heterocycles. The molecule has 3 aromatic rings. The minimum Gasteiger partial charge on any atom is -0.495 e. The van der Waals surface area contributed by atoms with Gasteiger partial charge < -0.3 is 4.74 Å². The molecule has 2 heterocycles. The zero-order valence-electron chi connectivity index (χ0n) is 11.4. The molecule has 0 spiro atoms. The fourth-order valence-corrected chi connectivity index (χ4v) is 1.98. The van der Waals surface area contributed by atoms with Gasteiger partial charge in [0.15, 0.2) is 5.78 Å². The predicted octanol–water partition coefficient (Wildman–Crippen LogP) is 2.51. The minimum absolute atomic E-state index is 0.136. The third kappa shape index (κ3) is 2.67. The largest absolute Gasteiger partial charge is 0.495 e. The van der Waals surface area contributed by atoms with E-state index in [1.807, 2.05) is 30.3 Å². The summed E-state index contributed by atoms with van der Waals surface area (Å²) < 4.78 is 6.75. The van der Waals surface area contributed by atoms with Gasteiger partial charge in [-0.1, -0.05) is 18.2 Å². The number of carbonyl (C=O) groups excluding carboxylic acids is 1. The fraction of sp³-hybridized carbons (Fsp3) is 0.0625. The maximum Gasteiger partial charge on any atom is 0.197 e. The molecule has 0 radical (unpaired) electrons. The molecule has 2 aromatic heterocycles. The molecule has 1 aromatic carbocycles. The van der Waals surface area contributed by atoms with Crippen molar-refractivity contribution < 1.29 is 9.53 Å². The highest BCUT2D eigenvalue weighted by atomic mass is 16.5. The van der Waals surface area contributed by atoms with Crippen molar-refractivity contribution >= 4 is 5.78 Å². The van der Waals surface area contributed by atoms with Crippen molar-refractivity contribution in [2.45, 2.75) is 0 Å². The van der Waals surface area contributed by atoms with Crippen LogP contribution < -0.4 is 4.74 Å². The van der Waals surface area contributed by atoms with E-state index in [2.05, 4.69) is 10.1 Å². The normalized spacial score (nSPS) is 10.3. The molecule has 5 heteroatoms. The lowest BCUT2D eigenvalue weighted by Gasteiger charge is -2.01. The summed E-state index contributed by atoms with van der Waals surface area (Å²) >= 11 is 0. The smallest absolute Gasteiger partial charge is 0.197 e. The van der Waals surface area contributed by atoms with Crippen LogP contribution in [0.2, 0.25) is 0 Å². The van der Waals surface area contributed by atoms with Gasteiger partial charge in [0.05, 0.1) is 30.8 Å². The second-order valence-corrected chi connectivity index (χ2v) is 4.45. The van der Waals surface area contributed by atoms with Crippen molar-refractivity contribution in [3.8, 4) is 11.4 Å². The van der Waals surface area contributed by atoms with Gasteiger partial charge >= 0.3 is 0 Å². The highest BCUT2D eigenvalue weighted by Gasteiger charge is 2.13. The summed E-state index contributed by atoms with van der Waals surface area (Å²) in [5, 5.41) is 4.22. The van der Waals surface area contributed by atoms with Crippen LogP contribution in [0.5, 0.6) is 5.75 Å². The first kappa shape index (κ1) is 13.1. The van der Waals surface area contributed by atoms with Gasteiger partial charge in [-0.05, 0) is 18.2 Å². The quantitative estimate of drug-likeness (QED) is 0.688. The van der Waals surface area contributed by atoms with Gasteiger partial charge in [-0.3, -0.25) is 9.78 Å². The lowest BCUT2D eigenvalue weighted by molar-refractivity contribution is 0.103. The first-order chi connectivity index (χ1) is 10.3. The molecule has 5 nitrogen and oxygen atoms in total. The molecule has 21 heavy (non-hydrogen) atoms. The molecular formula is C16H13N3O2. The number of rotatable bonds is 4. The molecule has 0 aliphatic carbocycles. The van der Waals surface area contributed by atoms with Gasteiger partial charge in [0.25, 0.3) is 0 Å². The van der Waals surface area contributed by atoms with Crippen molar-refractivity contribution in [1.29, 1.82) is 0 Å². The minimum atomic E-state index is -0.136.